The number of rotatable bonds is 13. The van der Waals surface area contributed by atoms with Gasteiger partial charge in [0, 0.05) is 41.0 Å². The second-order valence-corrected chi connectivity index (χ2v) is 14.1. The number of sulfone groups is 1. The first-order chi connectivity index (χ1) is 24.5. The van der Waals surface area contributed by atoms with E-state index in [-0.39, 0.29) is 36.9 Å². The molecule has 1 heterocycles. The Morgan fingerprint density at radius 3 is 2.04 bits per heavy atom. The number of ether oxygens (including phenoxy) is 1. The summed E-state index contributed by atoms with van der Waals surface area (Å²) in [5.41, 5.74) is -0.891. The molecule has 2 N–H and O–H groups in total. The molecule has 0 spiro atoms. The third-order valence-electron chi connectivity index (χ3n) is 8.55. The van der Waals surface area contributed by atoms with Crippen LogP contribution in [0.1, 0.15) is 38.8 Å². The molecular formula is C39H32ClF3N2O5S. The normalized spacial score (nSPS) is 11.9. The SMILES string of the molecule is O=C(O)c1ccc(OCCc2c(CCNc3ccccc3S(=O)(=O)C(F)(F)F)n(C(c3ccccc3)c3ccccc3)c3ccc(Cl)cc23)cc1. The summed E-state index contributed by atoms with van der Waals surface area (Å²) >= 11 is 6.57. The lowest BCUT2D eigenvalue weighted by molar-refractivity contribution is -0.0435. The van der Waals surface area contributed by atoms with Crippen molar-refractivity contribution in [1.29, 1.82) is 0 Å². The first-order valence-corrected chi connectivity index (χ1v) is 17.8. The van der Waals surface area contributed by atoms with E-state index in [0.29, 0.717) is 17.2 Å². The quantitative estimate of drug-likeness (QED) is 0.123. The van der Waals surface area contributed by atoms with Crippen molar-refractivity contribution in [1.82, 2.24) is 4.57 Å². The first kappa shape index (κ1) is 35.6. The molecule has 0 saturated heterocycles. The molecule has 0 aliphatic rings. The fraction of sp³-hybridized carbons (Fsp3) is 0.154. The van der Waals surface area contributed by atoms with Gasteiger partial charge in [-0.2, -0.15) is 13.2 Å². The monoisotopic (exact) mass is 732 g/mol. The van der Waals surface area contributed by atoms with E-state index < -0.39 is 26.2 Å². The van der Waals surface area contributed by atoms with Crippen LogP contribution in [-0.4, -0.2) is 42.7 Å². The van der Waals surface area contributed by atoms with Crippen molar-refractivity contribution < 1.29 is 36.2 Å². The van der Waals surface area contributed by atoms with Gasteiger partial charge in [-0.25, -0.2) is 13.2 Å². The van der Waals surface area contributed by atoms with Gasteiger partial charge in [-0.1, -0.05) is 84.4 Å². The maximum Gasteiger partial charge on any atom is 0.501 e. The highest BCUT2D eigenvalue weighted by Gasteiger charge is 2.47. The van der Waals surface area contributed by atoms with E-state index in [1.54, 1.807) is 18.2 Å². The molecule has 0 aliphatic heterocycles. The number of carboxylic acids is 1. The van der Waals surface area contributed by atoms with E-state index in [1.165, 1.54) is 30.3 Å². The Morgan fingerprint density at radius 2 is 1.43 bits per heavy atom. The Balaban J connectivity index is 1.44. The fourth-order valence-corrected chi connectivity index (χ4v) is 7.37. The zero-order valence-corrected chi connectivity index (χ0v) is 28.6. The molecule has 51 heavy (non-hydrogen) atoms. The van der Waals surface area contributed by atoms with Gasteiger partial charge in [-0.05, 0) is 71.3 Å². The van der Waals surface area contributed by atoms with Crippen LogP contribution in [0.3, 0.4) is 0 Å². The second kappa shape index (κ2) is 14.9. The van der Waals surface area contributed by atoms with Crippen molar-refractivity contribution in [3.05, 3.63) is 160 Å². The molecule has 0 saturated carbocycles. The molecule has 5 aromatic carbocycles. The average Bonchev–Trinajstić information content (AvgIpc) is 3.40. The number of para-hydroxylation sites is 1. The molecule has 0 atom stereocenters. The highest BCUT2D eigenvalue weighted by molar-refractivity contribution is 7.92. The number of halogens is 4. The number of nitrogens with one attached hydrogen (secondary N) is 1. The minimum absolute atomic E-state index is 0.0925. The summed E-state index contributed by atoms with van der Waals surface area (Å²) in [4.78, 5) is 10.5. The number of anilines is 1. The molecule has 262 valence electrons. The molecule has 7 nitrogen and oxygen atoms in total. The number of hydrogen-bond acceptors (Lipinski definition) is 5. The Bertz CT molecular complexity index is 2220. The molecule has 0 aliphatic carbocycles. The predicted octanol–water partition coefficient (Wildman–Crippen LogP) is 9.20. The van der Waals surface area contributed by atoms with Crippen molar-refractivity contribution in [2.75, 3.05) is 18.5 Å². The van der Waals surface area contributed by atoms with Gasteiger partial charge in [0.05, 0.1) is 28.8 Å². The van der Waals surface area contributed by atoms with E-state index >= 15 is 0 Å². The minimum atomic E-state index is -5.61. The summed E-state index contributed by atoms with van der Waals surface area (Å²) in [6.45, 7) is 0.307. The van der Waals surface area contributed by atoms with Gasteiger partial charge in [0.1, 0.15) is 5.75 Å². The standard InChI is InChI=1S/C39H32ClF3N2O5S/c40-29-17-20-34-32(25-29)31(22-24-50-30-18-15-28(16-19-30)38(46)47)35(21-23-44-33-13-7-8-14-36(33)51(48,49)39(41,42)43)45(34)37(26-9-3-1-4-10-26)27-11-5-2-6-12-27/h1-20,25,37,44H,21-24H2,(H,46,47). The third kappa shape index (κ3) is 7.59. The Morgan fingerprint density at radius 1 is 0.824 bits per heavy atom. The number of aromatic carboxylic acids is 1. The molecule has 0 fully saturated rings. The highest BCUT2D eigenvalue weighted by atomic mass is 35.5. The van der Waals surface area contributed by atoms with Crippen molar-refractivity contribution in [3.63, 3.8) is 0 Å². The summed E-state index contributed by atoms with van der Waals surface area (Å²) in [5, 5.41) is 13.6. The zero-order valence-electron chi connectivity index (χ0n) is 27.0. The molecule has 0 amide bonds. The number of carbonyl (C=O) groups is 1. The lowest BCUT2D eigenvalue weighted by atomic mass is 9.97. The van der Waals surface area contributed by atoms with Crippen LogP contribution >= 0.6 is 11.6 Å². The van der Waals surface area contributed by atoms with Crippen LogP contribution in [0.5, 0.6) is 5.75 Å². The van der Waals surface area contributed by atoms with E-state index in [9.17, 15) is 31.5 Å². The predicted molar refractivity (Wildman–Crippen MR) is 192 cm³/mol. The third-order valence-corrected chi connectivity index (χ3v) is 10.3. The largest absolute Gasteiger partial charge is 0.501 e. The van der Waals surface area contributed by atoms with E-state index in [1.807, 2.05) is 72.8 Å². The zero-order chi connectivity index (χ0) is 36.2. The van der Waals surface area contributed by atoms with E-state index in [0.717, 1.165) is 39.4 Å². The van der Waals surface area contributed by atoms with Crippen molar-refractivity contribution in [2.24, 2.45) is 0 Å². The number of benzene rings is 5. The van der Waals surface area contributed by atoms with Crippen LogP contribution in [0.4, 0.5) is 18.9 Å². The number of fused-ring (bicyclic) bond motifs is 1. The van der Waals surface area contributed by atoms with Crippen molar-refractivity contribution in [2.45, 2.75) is 29.3 Å². The van der Waals surface area contributed by atoms with Gasteiger partial charge in [0.25, 0.3) is 9.84 Å². The molecule has 0 unspecified atom stereocenters. The highest BCUT2D eigenvalue weighted by Crippen LogP contribution is 2.38. The maximum atomic E-state index is 13.6. The van der Waals surface area contributed by atoms with E-state index in [4.69, 9.17) is 16.3 Å². The van der Waals surface area contributed by atoms with Crippen molar-refractivity contribution in [3.8, 4) is 5.75 Å². The molecule has 6 rings (SSSR count). The number of carboxylic acid groups (broad SMARTS) is 1. The second-order valence-electron chi connectivity index (χ2n) is 11.7. The van der Waals surface area contributed by atoms with Crippen LogP contribution in [0.15, 0.2) is 132 Å². The van der Waals surface area contributed by atoms with Gasteiger partial charge >= 0.3 is 11.5 Å². The minimum Gasteiger partial charge on any atom is -0.493 e. The fourth-order valence-electron chi connectivity index (χ4n) is 6.26. The summed E-state index contributed by atoms with van der Waals surface area (Å²) in [6, 6.07) is 36.2. The summed E-state index contributed by atoms with van der Waals surface area (Å²) < 4.78 is 73.9. The first-order valence-electron chi connectivity index (χ1n) is 16.0. The van der Waals surface area contributed by atoms with Crippen molar-refractivity contribution >= 4 is 44.0 Å². The van der Waals surface area contributed by atoms with E-state index in [2.05, 4.69) is 9.88 Å². The molecule has 1 aromatic heterocycles. The van der Waals surface area contributed by atoms with Gasteiger partial charge in [0.15, 0.2) is 0 Å². The van der Waals surface area contributed by atoms with Gasteiger partial charge in [-0.15, -0.1) is 0 Å². The van der Waals surface area contributed by atoms with Gasteiger partial charge in [0.2, 0.25) is 0 Å². The molecule has 0 radical (unpaired) electrons. The topological polar surface area (TPSA) is 97.6 Å². The number of nitrogens with zero attached hydrogens (tertiary/aromatic N) is 1. The van der Waals surface area contributed by atoms with Crippen LogP contribution < -0.4 is 10.1 Å². The Hall–Kier alpha value is -5.26. The average molecular weight is 733 g/mol. The smallest absolute Gasteiger partial charge is 0.493 e. The number of alkyl halides is 3. The summed E-state index contributed by atoms with van der Waals surface area (Å²) in [5.74, 6) is -0.562. The Labute approximate surface area is 297 Å². The molecule has 12 heteroatoms. The van der Waals surface area contributed by atoms with Crippen LogP contribution in [0, 0.1) is 0 Å². The maximum absolute atomic E-state index is 13.6. The number of hydrogen-bond donors (Lipinski definition) is 2. The summed E-state index contributed by atoms with van der Waals surface area (Å²) in [6.07, 6.45) is 0.681. The molecule has 6 aromatic rings. The van der Waals surface area contributed by atoms with Gasteiger partial charge in [-0.3, -0.25) is 0 Å². The van der Waals surface area contributed by atoms with Gasteiger partial charge < -0.3 is 19.7 Å². The Kier molecular flexibility index (Phi) is 10.4. The number of aromatic nitrogens is 1. The summed E-state index contributed by atoms with van der Waals surface area (Å²) in [7, 11) is -5.61. The van der Waals surface area contributed by atoms with Crippen LogP contribution in [0.25, 0.3) is 10.9 Å². The van der Waals surface area contributed by atoms with Crippen LogP contribution in [-0.2, 0) is 22.7 Å². The lowest BCUT2D eigenvalue weighted by Gasteiger charge is -2.25. The molecular weight excluding hydrogens is 701 g/mol. The molecule has 0 bridgehead atoms. The lowest BCUT2D eigenvalue weighted by Crippen LogP contribution is -2.24. The van der Waals surface area contributed by atoms with Crippen LogP contribution in [0.2, 0.25) is 5.02 Å².